The topological polar surface area (TPSA) is 75.6 Å². The third-order valence-corrected chi connectivity index (χ3v) is 6.24. The minimum absolute atomic E-state index is 0.118. The lowest BCUT2D eigenvalue weighted by atomic mass is 10.1. The molecule has 0 aliphatic carbocycles. The molecular formula is C16H25NO4S2. The maximum atomic E-state index is 11.9. The van der Waals surface area contributed by atoms with E-state index in [9.17, 15) is 14.1 Å². The first-order chi connectivity index (χ1) is 11.0. The Balaban J connectivity index is 2.56. The maximum absolute atomic E-state index is 11.9. The van der Waals surface area contributed by atoms with Gasteiger partial charge in [-0.2, -0.15) is 0 Å². The maximum Gasteiger partial charge on any atom is 0.321 e. The zero-order valence-electron chi connectivity index (χ0n) is 13.8. The summed E-state index contributed by atoms with van der Waals surface area (Å²) >= 11 is 1.63. The quantitative estimate of drug-likeness (QED) is 0.630. The summed E-state index contributed by atoms with van der Waals surface area (Å²) in [5, 5.41) is 13.1. The number of carboxylic acids is 1. The van der Waals surface area contributed by atoms with E-state index in [1.165, 1.54) is 0 Å². The van der Waals surface area contributed by atoms with Crippen LogP contribution in [0.15, 0.2) is 24.3 Å². The molecule has 23 heavy (non-hydrogen) atoms. The average Bonchev–Trinajstić information content (AvgIpc) is 2.52. The van der Waals surface area contributed by atoms with Crippen LogP contribution < -0.4 is 10.1 Å². The van der Waals surface area contributed by atoms with Crippen molar-refractivity contribution in [1.29, 1.82) is 0 Å². The fourth-order valence-corrected chi connectivity index (χ4v) is 4.56. The van der Waals surface area contributed by atoms with E-state index in [0.29, 0.717) is 17.3 Å². The number of benzene rings is 1. The van der Waals surface area contributed by atoms with Crippen molar-refractivity contribution >= 4 is 28.5 Å². The first kappa shape index (κ1) is 20.0. The van der Waals surface area contributed by atoms with Crippen LogP contribution in [-0.2, 0) is 22.0 Å². The number of hydrogen-bond donors (Lipinski definition) is 2. The van der Waals surface area contributed by atoms with Crippen molar-refractivity contribution in [3.05, 3.63) is 29.8 Å². The third-order valence-electron chi connectivity index (χ3n) is 3.24. The van der Waals surface area contributed by atoms with Gasteiger partial charge in [0.2, 0.25) is 0 Å². The number of carbonyl (C=O) groups is 1. The molecule has 0 heterocycles. The fraction of sp³-hybridized carbons (Fsp3) is 0.562. The molecule has 1 rings (SSSR count). The molecule has 1 aromatic carbocycles. The summed E-state index contributed by atoms with van der Waals surface area (Å²) in [6, 6.07) is 6.53. The first-order valence-electron chi connectivity index (χ1n) is 7.50. The molecule has 0 saturated carbocycles. The Bertz CT molecular complexity index is 507. The zero-order valence-corrected chi connectivity index (χ0v) is 15.4. The van der Waals surface area contributed by atoms with Gasteiger partial charge in [-0.05, 0) is 36.8 Å². The summed E-state index contributed by atoms with van der Waals surface area (Å²) in [5.41, 5.74) is 0.917. The first-order valence-corrected chi connectivity index (χ1v) is 10.1. The van der Waals surface area contributed by atoms with Gasteiger partial charge in [-0.25, -0.2) is 0 Å². The molecule has 0 amide bonds. The molecule has 3 atom stereocenters. The van der Waals surface area contributed by atoms with Crippen molar-refractivity contribution in [2.75, 3.05) is 23.7 Å². The summed E-state index contributed by atoms with van der Waals surface area (Å²) < 4.78 is 17.0. The lowest BCUT2D eigenvalue weighted by molar-refractivity contribution is -0.139. The largest absolute Gasteiger partial charge is 0.497 e. The molecule has 7 heteroatoms. The van der Waals surface area contributed by atoms with Gasteiger partial charge >= 0.3 is 5.97 Å². The Hall–Kier alpha value is -1.05. The van der Waals surface area contributed by atoms with Crippen molar-refractivity contribution in [2.24, 2.45) is 0 Å². The van der Waals surface area contributed by atoms with Crippen LogP contribution in [0.25, 0.3) is 0 Å². The summed E-state index contributed by atoms with van der Waals surface area (Å²) in [7, 11) is 0.653. The number of thioether (sulfide) groups is 1. The molecule has 5 nitrogen and oxygen atoms in total. The van der Waals surface area contributed by atoms with E-state index in [0.717, 1.165) is 17.1 Å². The summed E-state index contributed by atoms with van der Waals surface area (Å²) in [6.07, 6.45) is 0.375. The predicted octanol–water partition coefficient (Wildman–Crippen LogP) is 2.13. The van der Waals surface area contributed by atoms with Crippen molar-refractivity contribution < 1.29 is 18.8 Å². The average molecular weight is 360 g/mol. The molecule has 1 unspecified atom stereocenters. The number of methoxy groups -OCH3 is 1. The highest BCUT2D eigenvalue weighted by molar-refractivity contribution is 8.10. The predicted molar refractivity (Wildman–Crippen MR) is 96.7 cm³/mol. The smallest absolute Gasteiger partial charge is 0.321 e. The normalized spacial score (nSPS) is 14.9. The summed E-state index contributed by atoms with van der Waals surface area (Å²) in [5.74, 6) is 1.23. The number of carboxylic acid groups (broad SMARTS) is 1. The number of hydrogen-bond acceptors (Lipinski definition) is 5. The highest BCUT2D eigenvalue weighted by Crippen LogP contribution is 2.13. The highest BCUT2D eigenvalue weighted by atomic mass is 32.2. The molecule has 0 bridgehead atoms. The van der Waals surface area contributed by atoms with Crippen LogP contribution >= 0.6 is 11.8 Å². The van der Waals surface area contributed by atoms with Crippen LogP contribution in [0.2, 0.25) is 0 Å². The molecule has 0 aliphatic heterocycles. The monoisotopic (exact) mass is 359 g/mol. The minimum Gasteiger partial charge on any atom is -0.497 e. The van der Waals surface area contributed by atoms with Crippen LogP contribution in [0.3, 0.4) is 0 Å². The van der Waals surface area contributed by atoms with Gasteiger partial charge < -0.3 is 15.2 Å². The lowest BCUT2D eigenvalue weighted by Crippen LogP contribution is -2.45. The number of aliphatic carboxylic acids is 1. The third kappa shape index (κ3) is 7.85. The molecule has 2 N–H and O–H groups in total. The second-order valence-corrected chi connectivity index (χ2v) is 8.37. The van der Waals surface area contributed by atoms with Gasteiger partial charge in [0.1, 0.15) is 11.8 Å². The second-order valence-electron chi connectivity index (χ2n) is 5.23. The number of ether oxygens (including phenoxy) is 1. The zero-order chi connectivity index (χ0) is 17.2. The van der Waals surface area contributed by atoms with Crippen LogP contribution in [0.4, 0.5) is 0 Å². The SMILES string of the molecule is CCSCS(=O)C[C@@H](C)N[C@@H](Cc1ccc(OC)cc1)C(=O)O. The van der Waals surface area contributed by atoms with Gasteiger partial charge in [-0.15, -0.1) is 11.8 Å². The van der Waals surface area contributed by atoms with Crippen molar-refractivity contribution in [1.82, 2.24) is 5.32 Å². The van der Waals surface area contributed by atoms with E-state index in [-0.39, 0.29) is 6.04 Å². The summed E-state index contributed by atoms with van der Waals surface area (Å²) in [6.45, 7) is 3.90. The Morgan fingerprint density at radius 1 is 1.39 bits per heavy atom. The van der Waals surface area contributed by atoms with Crippen molar-refractivity contribution in [3.63, 3.8) is 0 Å². The van der Waals surface area contributed by atoms with Crippen molar-refractivity contribution in [2.45, 2.75) is 32.4 Å². The standard InChI is InChI=1S/C16H25NO4S2/c1-4-22-11-23(20)10-12(2)17-15(16(18)19)9-13-5-7-14(21-3)8-6-13/h5-8,12,15,17H,4,9-11H2,1-3H3,(H,18,19)/t12-,15+,23?/m1/s1. The molecule has 0 fully saturated rings. The van der Waals surface area contributed by atoms with Gasteiger partial charge in [0.15, 0.2) is 0 Å². The Kier molecular flexibility index (Phi) is 9.28. The molecule has 1 aromatic rings. The highest BCUT2D eigenvalue weighted by Gasteiger charge is 2.21. The van der Waals surface area contributed by atoms with Gasteiger partial charge in [-0.1, -0.05) is 19.1 Å². The molecule has 130 valence electrons. The number of rotatable bonds is 11. The minimum atomic E-state index is -0.939. The Morgan fingerprint density at radius 2 is 2.04 bits per heavy atom. The van der Waals surface area contributed by atoms with E-state index in [2.05, 4.69) is 5.32 Å². The van der Waals surface area contributed by atoms with E-state index < -0.39 is 22.8 Å². The lowest BCUT2D eigenvalue weighted by Gasteiger charge is -2.20. The molecule has 0 saturated heterocycles. The van der Waals surface area contributed by atoms with Gasteiger partial charge in [-0.3, -0.25) is 9.00 Å². The molecule has 0 aliphatic rings. The molecule has 0 radical (unpaired) electrons. The van der Waals surface area contributed by atoms with Gasteiger partial charge in [0.05, 0.1) is 12.2 Å². The second kappa shape index (κ2) is 10.7. The van der Waals surface area contributed by atoms with E-state index in [4.69, 9.17) is 4.74 Å². The molecular weight excluding hydrogens is 334 g/mol. The van der Waals surface area contributed by atoms with Gasteiger partial charge in [0, 0.05) is 22.6 Å². The summed E-state index contributed by atoms with van der Waals surface area (Å²) in [4.78, 5) is 11.5. The fourth-order valence-electron chi connectivity index (χ4n) is 2.11. The van der Waals surface area contributed by atoms with Crippen LogP contribution in [0.1, 0.15) is 19.4 Å². The van der Waals surface area contributed by atoms with Crippen LogP contribution in [0.5, 0.6) is 5.75 Å². The van der Waals surface area contributed by atoms with Crippen LogP contribution in [0, 0.1) is 0 Å². The number of nitrogens with one attached hydrogen (secondary N) is 1. The molecule has 0 spiro atoms. The Morgan fingerprint density at radius 3 is 2.57 bits per heavy atom. The van der Waals surface area contributed by atoms with E-state index >= 15 is 0 Å². The van der Waals surface area contributed by atoms with Gasteiger partial charge in [0.25, 0.3) is 0 Å². The van der Waals surface area contributed by atoms with Crippen LogP contribution in [-0.4, -0.2) is 51.1 Å². The van der Waals surface area contributed by atoms with E-state index in [1.54, 1.807) is 18.9 Å². The van der Waals surface area contributed by atoms with E-state index in [1.807, 2.05) is 38.1 Å². The molecule has 0 aromatic heterocycles. The Labute approximate surface area is 144 Å². The van der Waals surface area contributed by atoms with Crippen molar-refractivity contribution in [3.8, 4) is 5.75 Å².